The molecular formula is C23H24N2O2. The number of nitrogens with zero attached hydrogens (tertiary/aromatic N) is 2. The summed E-state index contributed by atoms with van der Waals surface area (Å²) in [7, 11) is 0. The van der Waals surface area contributed by atoms with Crippen molar-refractivity contribution in [3.8, 4) is 6.07 Å². The van der Waals surface area contributed by atoms with Gasteiger partial charge in [0.15, 0.2) is 0 Å². The van der Waals surface area contributed by atoms with E-state index in [1.807, 2.05) is 18.2 Å². The van der Waals surface area contributed by atoms with Crippen molar-refractivity contribution in [3.05, 3.63) is 71.3 Å². The van der Waals surface area contributed by atoms with Gasteiger partial charge >= 0.3 is 0 Å². The molecule has 138 valence electrons. The second-order valence-electron chi connectivity index (χ2n) is 7.62. The second kappa shape index (κ2) is 8.04. The third-order valence-electron chi connectivity index (χ3n) is 5.80. The maximum atomic E-state index is 12.9. The summed E-state index contributed by atoms with van der Waals surface area (Å²) in [6, 6.07) is 20.6. The van der Waals surface area contributed by atoms with Crippen molar-refractivity contribution >= 4 is 5.78 Å². The molecule has 0 saturated carbocycles. The molecule has 2 saturated heterocycles. The second-order valence-corrected chi connectivity index (χ2v) is 7.62. The number of ether oxygens (including phenoxy) is 1. The number of fused-ring (bicyclic) bond motifs is 2. The highest BCUT2D eigenvalue weighted by Gasteiger charge is 2.40. The van der Waals surface area contributed by atoms with Gasteiger partial charge in [-0.1, -0.05) is 42.5 Å². The number of benzene rings is 2. The fourth-order valence-electron chi connectivity index (χ4n) is 4.35. The van der Waals surface area contributed by atoms with E-state index < -0.39 is 0 Å². The summed E-state index contributed by atoms with van der Waals surface area (Å²) in [5.74, 6) is 0.419. The van der Waals surface area contributed by atoms with Crippen molar-refractivity contribution < 1.29 is 9.53 Å². The first-order valence-electron chi connectivity index (χ1n) is 9.62. The molecule has 2 aliphatic heterocycles. The largest absolute Gasteiger partial charge is 0.378 e. The van der Waals surface area contributed by atoms with E-state index >= 15 is 0 Å². The molecule has 2 fully saturated rings. The van der Waals surface area contributed by atoms with Crippen molar-refractivity contribution in [3.63, 3.8) is 0 Å². The summed E-state index contributed by atoms with van der Waals surface area (Å²) in [6.45, 7) is 2.35. The van der Waals surface area contributed by atoms with Crippen LogP contribution < -0.4 is 0 Å². The lowest BCUT2D eigenvalue weighted by atomic mass is 9.80. The molecule has 4 heteroatoms. The molecule has 2 aromatic rings. The lowest BCUT2D eigenvalue weighted by Crippen LogP contribution is -2.57. The third kappa shape index (κ3) is 4.10. The van der Waals surface area contributed by atoms with E-state index in [0.29, 0.717) is 43.1 Å². The molecule has 2 bridgehead atoms. The molecule has 2 heterocycles. The Balaban J connectivity index is 1.41. The molecule has 2 aromatic carbocycles. The Morgan fingerprint density at radius 1 is 1.00 bits per heavy atom. The topological polar surface area (TPSA) is 53.3 Å². The minimum atomic E-state index is 0.103. The van der Waals surface area contributed by atoms with E-state index in [2.05, 4.69) is 35.2 Å². The molecule has 0 radical (unpaired) electrons. The van der Waals surface area contributed by atoms with Crippen LogP contribution in [0.4, 0.5) is 0 Å². The zero-order chi connectivity index (χ0) is 18.6. The monoisotopic (exact) mass is 360 g/mol. The number of nitriles is 1. The van der Waals surface area contributed by atoms with E-state index in [1.165, 1.54) is 5.56 Å². The zero-order valence-electron chi connectivity index (χ0n) is 15.4. The van der Waals surface area contributed by atoms with Gasteiger partial charge in [0, 0.05) is 31.0 Å². The van der Waals surface area contributed by atoms with Gasteiger partial charge in [-0.15, -0.1) is 0 Å². The van der Waals surface area contributed by atoms with E-state index in [-0.39, 0.29) is 5.92 Å². The molecule has 0 aliphatic carbocycles. The van der Waals surface area contributed by atoms with Crippen molar-refractivity contribution in [1.29, 1.82) is 5.26 Å². The van der Waals surface area contributed by atoms with Gasteiger partial charge < -0.3 is 4.74 Å². The zero-order valence-corrected chi connectivity index (χ0v) is 15.4. The highest BCUT2D eigenvalue weighted by Crippen LogP contribution is 2.33. The van der Waals surface area contributed by atoms with Gasteiger partial charge in [0.05, 0.1) is 24.8 Å². The SMILES string of the molecule is N#Cc1ccc(CC(=O)C2CC3COCC(C2)N3Cc2ccccc2)cc1. The first-order chi connectivity index (χ1) is 13.2. The first kappa shape index (κ1) is 17.9. The lowest BCUT2D eigenvalue weighted by Gasteiger charge is -2.48. The normalized spacial score (nSPS) is 24.9. The van der Waals surface area contributed by atoms with Crippen LogP contribution in [0.2, 0.25) is 0 Å². The Kier molecular flexibility index (Phi) is 5.33. The van der Waals surface area contributed by atoms with Crippen LogP contribution in [0.15, 0.2) is 54.6 Å². The average Bonchev–Trinajstić information content (AvgIpc) is 2.69. The van der Waals surface area contributed by atoms with E-state index in [4.69, 9.17) is 10.00 Å². The molecule has 4 nitrogen and oxygen atoms in total. The Morgan fingerprint density at radius 3 is 2.30 bits per heavy atom. The van der Waals surface area contributed by atoms with E-state index in [9.17, 15) is 4.79 Å². The van der Waals surface area contributed by atoms with Crippen LogP contribution in [0.25, 0.3) is 0 Å². The van der Waals surface area contributed by atoms with Crippen molar-refractivity contribution in [2.24, 2.45) is 5.92 Å². The number of carbonyl (C=O) groups excluding carboxylic acids is 1. The smallest absolute Gasteiger partial charge is 0.140 e. The van der Waals surface area contributed by atoms with Crippen LogP contribution in [0, 0.1) is 17.2 Å². The summed E-state index contributed by atoms with van der Waals surface area (Å²) in [5.41, 5.74) is 2.94. The van der Waals surface area contributed by atoms with Gasteiger partial charge in [-0.3, -0.25) is 9.69 Å². The van der Waals surface area contributed by atoms with Crippen LogP contribution >= 0.6 is 0 Å². The summed E-state index contributed by atoms with van der Waals surface area (Å²) in [6.07, 6.45) is 2.20. The van der Waals surface area contributed by atoms with E-state index in [0.717, 1.165) is 24.9 Å². The standard InChI is InChI=1S/C23H24N2O2/c24-13-18-8-6-17(7-9-18)10-23(26)20-11-21-15-27-16-22(12-20)25(21)14-19-4-2-1-3-5-19/h1-9,20-22H,10-12,14-16H2. The summed E-state index contributed by atoms with van der Waals surface area (Å²) < 4.78 is 5.79. The molecule has 0 amide bonds. The highest BCUT2D eigenvalue weighted by atomic mass is 16.5. The maximum absolute atomic E-state index is 12.9. The van der Waals surface area contributed by atoms with E-state index in [1.54, 1.807) is 12.1 Å². The number of piperidine rings is 1. The Labute approximate surface area is 160 Å². The highest BCUT2D eigenvalue weighted by molar-refractivity contribution is 5.83. The van der Waals surface area contributed by atoms with Crippen molar-refractivity contribution in [1.82, 2.24) is 4.90 Å². The summed E-state index contributed by atoms with van der Waals surface area (Å²) in [4.78, 5) is 15.4. The van der Waals surface area contributed by atoms with Gasteiger partial charge in [0.1, 0.15) is 5.78 Å². The lowest BCUT2D eigenvalue weighted by molar-refractivity contribution is -0.133. The number of rotatable bonds is 5. The summed E-state index contributed by atoms with van der Waals surface area (Å²) >= 11 is 0. The molecule has 27 heavy (non-hydrogen) atoms. The molecule has 2 atom stereocenters. The number of morpholine rings is 1. The first-order valence-corrected chi connectivity index (χ1v) is 9.62. The Bertz CT molecular complexity index is 812. The van der Waals surface area contributed by atoms with Crippen LogP contribution in [0.1, 0.15) is 29.5 Å². The number of hydrogen-bond donors (Lipinski definition) is 0. The average molecular weight is 360 g/mol. The van der Waals surface area contributed by atoms with Crippen molar-refractivity contribution in [2.75, 3.05) is 13.2 Å². The Hall–Kier alpha value is -2.48. The quantitative estimate of drug-likeness (QED) is 0.821. The van der Waals surface area contributed by atoms with Crippen LogP contribution in [0.3, 0.4) is 0 Å². The predicted octanol–water partition coefficient (Wildman–Crippen LogP) is 3.35. The molecule has 2 unspecified atom stereocenters. The number of ketones is 1. The molecule has 2 aliphatic rings. The van der Waals surface area contributed by atoms with Gasteiger partial charge in [0.2, 0.25) is 0 Å². The molecule has 0 spiro atoms. The predicted molar refractivity (Wildman–Crippen MR) is 103 cm³/mol. The van der Waals surface area contributed by atoms with Crippen LogP contribution in [-0.4, -0.2) is 36.0 Å². The van der Waals surface area contributed by atoms with Gasteiger partial charge in [0.25, 0.3) is 0 Å². The fourth-order valence-corrected chi connectivity index (χ4v) is 4.35. The Morgan fingerprint density at radius 2 is 1.67 bits per heavy atom. The number of carbonyl (C=O) groups is 1. The van der Waals surface area contributed by atoms with Crippen LogP contribution in [-0.2, 0) is 22.5 Å². The van der Waals surface area contributed by atoms with Gasteiger partial charge in [-0.05, 0) is 36.1 Å². The maximum Gasteiger partial charge on any atom is 0.140 e. The minimum absolute atomic E-state index is 0.103. The minimum Gasteiger partial charge on any atom is -0.378 e. The van der Waals surface area contributed by atoms with Crippen LogP contribution in [0.5, 0.6) is 0 Å². The molecule has 4 rings (SSSR count). The molecule has 0 aromatic heterocycles. The molecular weight excluding hydrogens is 336 g/mol. The summed E-state index contributed by atoms with van der Waals surface area (Å²) in [5, 5.41) is 8.90. The third-order valence-corrected chi connectivity index (χ3v) is 5.80. The fraction of sp³-hybridized carbons (Fsp3) is 0.391. The number of hydrogen-bond acceptors (Lipinski definition) is 4. The number of Topliss-reactive ketones (excluding diaryl/α,β-unsaturated/α-hetero) is 1. The van der Waals surface area contributed by atoms with Crippen molar-refractivity contribution in [2.45, 2.75) is 37.9 Å². The van der Waals surface area contributed by atoms with Gasteiger partial charge in [-0.2, -0.15) is 5.26 Å². The molecule has 0 N–H and O–H groups in total. The van der Waals surface area contributed by atoms with Gasteiger partial charge in [-0.25, -0.2) is 0 Å².